The molecule has 2 amide bonds. The second-order valence-corrected chi connectivity index (χ2v) is 7.94. The van der Waals surface area contributed by atoms with Crippen molar-refractivity contribution in [2.45, 2.75) is 26.8 Å². The van der Waals surface area contributed by atoms with Crippen LogP contribution in [0.5, 0.6) is 11.5 Å². The quantitative estimate of drug-likeness (QED) is 0.502. The molecule has 0 spiro atoms. The third-order valence-corrected chi connectivity index (χ3v) is 5.46. The Bertz CT molecular complexity index is 963. The second-order valence-electron chi connectivity index (χ2n) is 7.03. The molecule has 0 aliphatic carbocycles. The van der Waals surface area contributed by atoms with E-state index in [9.17, 15) is 14.4 Å². The van der Waals surface area contributed by atoms with Crippen LogP contribution in [0.1, 0.15) is 53.1 Å². The largest absolute Gasteiger partial charge is 0.490 e. The van der Waals surface area contributed by atoms with Gasteiger partial charge in [0.1, 0.15) is 0 Å². The number of hydrogen-bond acceptors (Lipinski definition) is 6. The van der Waals surface area contributed by atoms with Gasteiger partial charge in [0.05, 0.1) is 30.5 Å². The summed E-state index contributed by atoms with van der Waals surface area (Å²) < 4.78 is 11.4. The summed E-state index contributed by atoms with van der Waals surface area (Å²) in [5, 5.41) is 2.65. The number of hydrogen-bond donors (Lipinski definition) is 1. The van der Waals surface area contributed by atoms with Crippen molar-refractivity contribution in [2.24, 2.45) is 0 Å². The zero-order valence-electron chi connectivity index (χ0n) is 19.1. The molecule has 0 saturated carbocycles. The van der Waals surface area contributed by atoms with E-state index in [0.29, 0.717) is 42.4 Å². The van der Waals surface area contributed by atoms with Crippen molar-refractivity contribution < 1.29 is 23.9 Å². The Kier molecular flexibility index (Phi) is 9.59. The third kappa shape index (κ3) is 6.03. The molecule has 0 unspecified atom stereocenters. The summed E-state index contributed by atoms with van der Waals surface area (Å²) in [5.41, 5.74) is 1.58. The maximum atomic E-state index is 13.5. The van der Waals surface area contributed by atoms with Gasteiger partial charge in [0.2, 0.25) is 5.91 Å². The highest BCUT2D eigenvalue weighted by Crippen LogP contribution is 2.34. The molecule has 7 nitrogen and oxygen atoms in total. The van der Waals surface area contributed by atoms with Crippen LogP contribution in [-0.4, -0.2) is 55.3 Å². The summed E-state index contributed by atoms with van der Waals surface area (Å²) >= 11 is 1.60. The van der Waals surface area contributed by atoms with Crippen molar-refractivity contribution in [1.29, 1.82) is 0 Å². The molecular formula is C24H30N2O5S. The molecule has 172 valence electrons. The molecule has 0 heterocycles. The van der Waals surface area contributed by atoms with E-state index in [1.807, 2.05) is 38.3 Å². The van der Waals surface area contributed by atoms with Crippen molar-refractivity contribution in [1.82, 2.24) is 4.90 Å². The average Bonchev–Trinajstić information content (AvgIpc) is 2.77. The molecular weight excluding hydrogens is 428 g/mol. The smallest absolute Gasteiger partial charge is 0.256 e. The van der Waals surface area contributed by atoms with E-state index in [1.54, 1.807) is 41.9 Å². The van der Waals surface area contributed by atoms with Crippen molar-refractivity contribution in [3.8, 4) is 11.5 Å². The van der Waals surface area contributed by atoms with Crippen LogP contribution in [-0.2, 0) is 4.79 Å². The fraction of sp³-hybridized carbons (Fsp3) is 0.375. The lowest BCUT2D eigenvalue weighted by Gasteiger charge is -2.30. The van der Waals surface area contributed by atoms with E-state index in [1.165, 1.54) is 6.92 Å². The maximum Gasteiger partial charge on any atom is 0.256 e. The second kappa shape index (κ2) is 12.1. The molecule has 1 atom stereocenters. The first kappa shape index (κ1) is 25.3. The lowest BCUT2D eigenvalue weighted by Crippen LogP contribution is -2.34. The Balaban J connectivity index is 2.50. The topological polar surface area (TPSA) is 84.9 Å². The predicted octanol–water partition coefficient (Wildman–Crippen LogP) is 4.43. The summed E-state index contributed by atoms with van der Waals surface area (Å²) in [5.74, 6) is 1.21. The molecule has 0 saturated heterocycles. The highest BCUT2D eigenvalue weighted by atomic mass is 32.2. The zero-order valence-corrected chi connectivity index (χ0v) is 20.0. The Morgan fingerprint density at radius 2 is 1.81 bits per heavy atom. The van der Waals surface area contributed by atoms with Crippen molar-refractivity contribution >= 4 is 35.5 Å². The zero-order chi connectivity index (χ0) is 23.7. The highest BCUT2D eigenvalue weighted by Gasteiger charge is 2.27. The number of nitrogens with zero attached hydrogens (tertiary/aromatic N) is 1. The molecule has 8 heteroatoms. The van der Waals surface area contributed by atoms with Crippen LogP contribution >= 0.6 is 11.8 Å². The number of amides is 2. The summed E-state index contributed by atoms with van der Waals surface area (Å²) in [7, 11) is 1.69. The minimum atomic E-state index is -0.359. The molecule has 0 aliphatic heterocycles. The fourth-order valence-electron chi connectivity index (χ4n) is 3.38. The van der Waals surface area contributed by atoms with Crippen LogP contribution in [0.4, 0.5) is 5.69 Å². The van der Waals surface area contributed by atoms with Crippen LogP contribution in [0.25, 0.3) is 0 Å². The molecule has 0 bridgehead atoms. The molecule has 0 aromatic heterocycles. The number of ether oxygens (including phenoxy) is 2. The minimum Gasteiger partial charge on any atom is -0.490 e. The van der Waals surface area contributed by atoms with Crippen molar-refractivity contribution in [2.75, 3.05) is 37.6 Å². The van der Waals surface area contributed by atoms with E-state index in [-0.39, 0.29) is 29.0 Å². The lowest BCUT2D eigenvalue weighted by atomic mass is 10.0. The van der Waals surface area contributed by atoms with E-state index in [4.69, 9.17) is 9.47 Å². The van der Waals surface area contributed by atoms with Gasteiger partial charge in [0.15, 0.2) is 17.8 Å². The molecule has 2 rings (SSSR count). The predicted molar refractivity (Wildman–Crippen MR) is 128 cm³/mol. The number of nitrogens with one attached hydrogen (secondary N) is 1. The van der Waals surface area contributed by atoms with E-state index < -0.39 is 0 Å². The molecule has 0 aliphatic rings. The SMILES string of the molecule is CCOc1ccc([C@@H](CSC)N(C)C(=O)c2c(C=O)cccc2NC(C)=O)cc1OCC. The van der Waals surface area contributed by atoms with Crippen molar-refractivity contribution in [3.05, 3.63) is 53.1 Å². The fourth-order valence-corrected chi connectivity index (χ4v) is 4.12. The molecule has 0 fully saturated rings. The Labute approximate surface area is 193 Å². The van der Waals surface area contributed by atoms with E-state index >= 15 is 0 Å². The van der Waals surface area contributed by atoms with Gasteiger partial charge in [-0.3, -0.25) is 14.4 Å². The van der Waals surface area contributed by atoms with Gasteiger partial charge in [-0.2, -0.15) is 11.8 Å². The number of anilines is 1. The molecule has 32 heavy (non-hydrogen) atoms. The Morgan fingerprint density at radius 1 is 1.12 bits per heavy atom. The first-order chi connectivity index (χ1) is 15.4. The van der Waals surface area contributed by atoms with Gasteiger partial charge in [0, 0.05) is 25.3 Å². The summed E-state index contributed by atoms with van der Waals surface area (Å²) in [6.07, 6.45) is 2.59. The number of aldehydes is 1. The van der Waals surface area contributed by atoms with Crippen LogP contribution in [0.2, 0.25) is 0 Å². The number of thioether (sulfide) groups is 1. The third-order valence-electron chi connectivity index (χ3n) is 4.81. The highest BCUT2D eigenvalue weighted by molar-refractivity contribution is 7.98. The normalized spacial score (nSPS) is 11.4. The van der Waals surface area contributed by atoms with E-state index in [2.05, 4.69) is 5.32 Å². The Hall–Kier alpha value is -3.00. The lowest BCUT2D eigenvalue weighted by molar-refractivity contribution is -0.114. The number of carbonyl (C=O) groups excluding carboxylic acids is 3. The summed E-state index contributed by atoms with van der Waals surface area (Å²) in [6, 6.07) is 10.2. The van der Waals surface area contributed by atoms with Crippen LogP contribution in [0, 0.1) is 0 Å². The molecule has 0 radical (unpaired) electrons. The number of carbonyl (C=O) groups is 3. The minimum absolute atomic E-state index is 0.169. The number of rotatable bonds is 11. The van der Waals surface area contributed by atoms with Gasteiger partial charge in [0.25, 0.3) is 5.91 Å². The first-order valence-corrected chi connectivity index (χ1v) is 11.8. The van der Waals surface area contributed by atoms with Crippen LogP contribution in [0.3, 0.4) is 0 Å². The first-order valence-electron chi connectivity index (χ1n) is 10.4. The standard InChI is InChI=1S/C24H30N2O5S/c1-6-30-21-12-11-17(13-22(21)31-7-2)20(15-32-5)26(4)24(29)23-18(14-27)9-8-10-19(23)25-16(3)28/h8-14,20H,6-7,15H2,1-5H3,(H,25,28)/t20-/m1/s1. The summed E-state index contributed by atoms with van der Waals surface area (Å²) in [6.45, 7) is 6.16. The molecule has 1 N–H and O–H groups in total. The Morgan fingerprint density at radius 3 is 2.41 bits per heavy atom. The van der Waals surface area contributed by atoms with Crippen LogP contribution in [0.15, 0.2) is 36.4 Å². The van der Waals surface area contributed by atoms with Gasteiger partial charge in [-0.25, -0.2) is 0 Å². The van der Waals surface area contributed by atoms with Gasteiger partial charge < -0.3 is 19.7 Å². The van der Waals surface area contributed by atoms with Gasteiger partial charge in [-0.1, -0.05) is 18.2 Å². The maximum absolute atomic E-state index is 13.5. The van der Waals surface area contributed by atoms with Gasteiger partial charge in [-0.15, -0.1) is 0 Å². The van der Waals surface area contributed by atoms with Crippen LogP contribution < -0.4 is 14.8 Å². The van der Waals surface area contributed by atoms with Gasteiger partial charge >= 0.3 is 0 Å². The molecule has 2 aromatic carbocycles. The monoisotopic (exact) mass is 458 g/mol. The average molecular weight is 459 g/mol. The van der Waals surface area contributed by atoms with Gasteiger partial charge in [-0.05, 0) is 43.9 Å². The van der Waals surface area contributed by atoms with E-state index in [0.717, 1.165) is 5.56 Å². The molecule has 2 aromatic rings. The number of benzene rings is 2. The van der Waals surface area contributed by atoms with Crippen molar-refractivity contribution in [3.63, 3.8) is 0 Å². The summed E-state index contributed by atoms with van der Waals surface area (Å²) in [4.78, 5) is 38.4.